The van der Waals surface area contributed by atoms with Crippen LogP contribution in [0.3, 0.4) is 0 Å². The maximum absolute atomic E-state index is 12.4. The highest BCUT2D eigenvalue weighted by molar-refractivity contribution is 7.14. The van der Waals surface area contributed by atoms with Crippen LogP contribution in [-0.2, 0) is 13.0 Å². The van der Waals surface area contributed by atoms with Gasteiger partial charge in [-0.25, -0.2) is 0 Å². The monoisotopic (exact) mass is 411 g/mol. The normalized spacial score (nSPS) is 11.1. The average molecular weight is 411 g/mol. The van der Waals surface area contributed by atoms with E-state index in [1.807, 2.05) is 30.3 Å². The van der Waals surface area contributed by atoms with Crippen molar-refractivity contribution < 1.29 is 14.5 Å². The predicted molar refractivity (Wildman–Crippen MR) is 113 cm³/mol. The first-order chi connectivity index (χ1) is 14.0. The lowest BCUT2D eigenvalue weighted by atomic mass is 10.1. The summed E-state index contributed by atoms with van der Waals surface area (Å²) in [5, 5.41) is 14.9. The number of aromatic nitrogens is 2. The molecule has 0 spiro atoms. The molecule has 1 aromatic carbocycles. The number of methoxy groups -OCH3 is 1. The topological polar surface area (TPSA) is 87.3 Å². The summed E-state index contributed by atoms with van der Waals surface area (Å²) in [5.41, 5.74) is 1.58. The fourth-order valence-corrected chi connectivity index (χ4v) is 3.91. The van der Waals surface area contributed by atoms with Crippen LogP contribution in [0.25, 0.3) is 6.08 Å². The van der Waals surface area contributed by atoms with Gasteiger partial charge >= 0.3 is 5.69 Å². The van der Waals surface area contributed by atoms with Crippen LogP contribution in [0, 0.1) is 10.1 Å². The summed E-state index contributed by atoms with van der Waals surface area (Å²) >= 11 is 1.53. The number of rotatable bonds is 9. The van der Waals surface area contributed by atoms with Crippen molar-refractivity contribution in [3.63, 3.8) is 0 Å². The van der Waals surface area contributed by atoms with Gasteiger partial charge in [0.2, 0.25) is 0 Å². The van der Waals surface area contributed by atoms with E-state index in [-0.39, 0.29) is 11.5 Å². The number of allylic oxidation sites excluding steroid dienone is 1. The molecule has 150 valence electrons. The number of hydrogen-bond acceptors (Lipinski definition) is 6. The average Bonchev–Trinajstić information content (AvgIpc) is 3.36. The Balaban J connectivity index is 1.77. The Hall–Kier alpha value is -3.26. The summed E-state index contributed by atoms with van der Waals surface area (Å²) in [5.74, 6) is 0.617. The van der Waals surface area contributed by atoms with Crippen molar-refractivity contribution in [2.45, 2.75) is 26.3 Å². The second-order valence-corrected chi connectivity index (χ2v) is 7.61. The van der Waals surface area contributed by atoms with Crippen LogP contribution in [0.4, 0.5) is 5.69 Å². The number of nitrogens with zero attached hydrogens (tertiary/aromatic N) is 3. The molecule has 0 saturated heterocycles. The van der Waals surface area contributed by atoms with Gasteiger partial charge < -0.3 is 4.74 Å². The third-order valence-electron chi connectivity index (χ3n) is 4.30. The molecule has 0 atom stereocenters. The van der Waals surface area contributed by atoms with Gasteiger partial charge in [0.1, 0.15) is 18.1 Å². The number of hydrogen-bond donors (Lipinski definition) is 0. The van der Waals surface area contributed by atoms with E-state index in [2.05, 4.69) is 12.0 Å². The van der Waals surface area contributed by atoms with Crippen LogP contribution in [0.15, 0.2) is 48.8 Å². The lowest BCUT2D eigenvalue weighted by molar-refractivity contribution is -0.385. The Kier molecular flexibility index (Phi) is 6.56. The third kappa shape index (κ3) is 5.17. The molecule has 7 nitrogen and oxygen atoms in total. The van der Waals surface area contributed by atoms with E-state index in [9.17, 15) is 14.9 Å². The number of ketones is 1. The van der Waals surface area contributed by atoms with Crippen molar-refractivity contribution in [2.24, 2.45) is 0 Å². The lowest BCUT2D eigenvalue weighted by Crippen LogP contribution is -2.02. The molecule has 3 rings (SSSR count). The van der Waals surface area contributed by atoms with Crippen molar-refractivity contribution in [2.75, 3.05) is 7.11 Å². The lowest BCUT2D eigenvalue weighted by Gasteiger charge is -2.09. The Morgan fingerprint density at radius 3 is 2.86 bits per heavy atom. The molecule has 0 amide bonds. The quantitative estimate of drug-likeness (QED) is 0.219. The molecule has 0 aliphatic heterocycles. The van der Waals surface area contributed by atoms with E-state index < -0.39 is 4.92 Å². The van der Waals surface area contributed by atoms with Gasteiger partial charge in [0.25, 0.3) is 0 Å². The molecule has 0 N–H and O–H groups in total. The number of carbonyl (C=O) groups is 1. The van der Waals surface area contributed by atoms with Crippen molar-refractivity contribution in [1.29, 1.82) is 0 Å². The van der Waals surface area contributed by atoms with Crippen LogP contribution in [0.2, 0.25) is 0 Å². The molecule has 3 aromatic rings. The summed E-state index contributed by atoms with van der Waals surface area (Å²) in [6.45, 7) is 2.43. The van der Waals surface area contributed by atoms with Crippen LogP contribution in [0.1, 0.15) is 39.0 Å². The highest BCUT2D eigenvalue weighted by atomic mass is 32.1. The maximum Gasteiger partial charge on any atom is 0.307 e. The Morgan fingerprint density at radius 1 is 1.34 bits per heavy atom. The van der Waals surface area contributed by atoms with E-state index in [4.69, 9.17) is 4.74 Å². The van der Waals surface area contributed by atoms with Crippen LogP contribution < -0.4 is 4.74 Å². The minimum atomic E-state index is -0.484. The first kappa shape index (κ1) is 20.5. The highest BCUT2D eigenvalue weighted by Gasteiger charge is 2.11. The molecule has 0 bridgehead atoms. The first-order valence-corrected chi connectivity index (χ1v) is 9.96. The summed E-state index contributed by atoms with van der Waals surface area (Å²) in [6, 6.07) is 9.42. The number of thiophene rings is 1. The molecule has 0 aliphatic carbocycles. The Bertz CT molecular complexity index is 1050. The summed E-state index contributed by atoms with van der Waals surface area (Å²) in [4.78, 5) is 24.7. The molecular weight excluding hydrogens is 390 g/mol. The Labute approximate surface area is 172 Å². The molecule has 2 heterocycles. The SMILES string of the molecule is CCCc1ccc(C(=O)/C=C/c2ccc(OC)c(Cn3cc([N+](=O)[O-])cn3)c2)s1. The molecule has 8 heteroatoms. The van der Waals surface area contributed by atoms with E-state index in [1.165, 1.54) is 33.3 Å². The molecule has 0 fully saturated rings. The van der Waals surface area contributed by atoms with Gasteiger partial charge in [0, 0.05) is 10.4 Å². The molecule has 0 saturated carbocycles. The third-order valence-corrected chi connectivity index (χ3v) is 5.45. The smallest absolute Gasteiger partial charge is 0.307 e. The summed E-state index contributed by atoms with van der Waals surface area (Å²) < 4.78 is 6.86. The molecule has 2 aromatic heterocycles. The van der Waals surface area contributed by atoms with Gasteiger partial charge in [0.15, 0.2) is 5.78 Å². The maximum atomic E-state index is 12.4. The number of benzene rings is 1. The summed E-state index contributed by atoms with van der Waals surface area (Å²) in [7, 11) is 1.56. The van der Waals surface area contributed by atoms with Gasteiger partial charge in [-0.15, -0.1) is 11.3 Å². The minimum absolute atomic E-state index is 0.0302. The fourth-order valence-electron chi connectivity index (χ4n) is 2.88. The Morgan fingerprint density at radius 2 is 2.17 bits per heavy atom. The van der Waals surface area contributed by atoms with Crippen molar-refractivity contribution in [1.82, 2.24) is 9.78 Å². The number of nitro groups is 1. The second-order valence-electron chi connectivity index (χ2n) is 6.44. The van der Waals surface area contributed by atoms with Gasteiger partial charge in [-0.05, 0) is 42.3 Å². The number of ether oxygens (including phenoxy) is 1. The number of aryl methyl sites for hydroxylation is 1. The zero-order chi connectivity index (χ0) is 20.8. The second kappa shape index (κ2) is 9.29. The first-order valence-electron chi connectivity index (χ1n) is 9.15. The molecule has 0 unspecified atom stereocenters. The predicted octanol–water partition coefficient (Wildman–Crippen LogP) is 4.76. The van der Waals surface area contributed by atoms with Crippen LogP contribution in [0.5, 0.6) is 5.75 Å². The van der Waals surface area contributed by atoms with E-state index in [0.717, 1.165) is 28.8 Å². The van der Waals surface area contributed by atoms with E-state index >= 15 is 0 Å². The van der Waals surface area contributed by atoms with Gasteiger partial charge in [-0.2, -0.15) is 5.10 Å². The van der Waals surface area contributed by atoms with Crippen LogP contribution >= 0.6 is 11.3 Å². The van der Waals surface area contributed by atoms with Gasteiger partial charge in [0.05, 0.1) is 23.5 Å². The van der Waals surface area contributed by atoms with Crippen molar-refractivity contribution in [3.8, 4) is 5.75 Å². The highest BCUT2D eigenvalue weighted by Crippen LogP contribution is 2.23. The zero-order valence-corrected chi connectivity index (χ0v) is 17.0. The molecule has 29 heavy (non-hydrogen) atoms. The van der Waals surface area contributed by atoms with Gasteiger partial charge in [-0.1, -0.05) is 25.5 Å². The summed E-state index contributed by atoms with van der Waals surface area (Å²) in [6.07, 6.45) is 7.94. The largest absolute Gasteiger partial charge is 0.496 e. The number of carbonyl (C=O) groups excluding carboxylic acids is 1. The van der Waals surface area contributed by atoms with Crippen LogP contribution in [-0.4, -0.2) is 27.6 Å². The van der Waals surface area contributed by atoms with E-state index in [0.29, 0.717) is 12.3 Å². The van der Waals surface area contributed by atoms with E-state index in [1.54, 1.807) is 19.3 Å². The fraction of sp³-hybridized carbons (Fsp3) is 0.238. The molecule has 0 radical (unpaired) electrons. The minimum Gasteiger partial charge on any atom is -0.496 e. The van der Waals surface area contributed by atoms with Gasteiger partial charge in [-0.3, -0.25) is 19.6 Å². The van der Waals surface area contributed by atoms with Crippen molar-refractivity contribution >= 4 is 28.9 Å². The van der Waals surface area contributed by atoms with Crippen molar-refractivity contribution in [3.05, 3.63) is 79.8 Å². The molecular formula is C21H21N3O4S. The zero-order valence-electron chi connectivity index (χ0n) is 16.2. The molecule has 0 aliphatic rings. The standard InChI is InChI=1S/C21H21N3O4S/c1-3-4-18-7-10-21(29-18)19(25)8-5-15-6-9-20(28-2)16(11-15)13-23-14-17(12-22-23)24(26)27/h5-12,14H,3-4,13H2,1-2H3/b8-5+.